The van der Waals surface area contributed by atoms with Crippen molar-refractivity contribution in [1.29, 1.82) is 0 Å². The minimum absolute atomic E-state index is 0.0318. The highest BCUT2D eigenvalue weighted by Gasteiger charge is 2.46. The summed E-state index contributed by atoms with van der Waals surface area (Å²) in [4.78, 5) is 39.0. The molecule has 0 aromatic carbocycles. The molecule has 134 valence electrons. The number of hydrogen-bond acceptors (Lipinski definition) is 4. The van der Waals surface area contributed by atoms with E-state index in [-0.39, 0.29) is 41.1 Å². The van der Waals surface area contributed by atoms with E-state index in [1.807, 2.05) is 0 Å². The number of aryl methyl sites for hydroxylation is 1. The van der Waals surface area contributed by atoms with E-state index in [1.165, 1.54) is 17.4 Å². The molecule has 1 aromatic rings. The minimum Gasteiger partial charge on any atom is -0.370 e. The van der Waals surface area contributed by atoms with Gasteiger partial charge in [0.15, 0.2) is 0 Å². The second-order valence-corrected chi connectivity index (χ2v) is 7.38. The minimum atomic E-state index is -0.301. The highest BCUT2D eigenvalue weighted by molar-refractivity contribution is 5.94. The maximum Gasteiger partial charge on any atom is 0.263 e. The number of nitrogens with zero attached hydrogens (tertiary/aromatic N) is 2. The molecule has 3 atom stereocenters. The van der Waals surface area contributed by atoms with Crippen LogP contribution in [0, 0.1) is 11.8 Å². The van der Waals surface area contributed by atoms with Crippen LogP contribution in [0.15, 0.2) is 23.1 Å². The highest BCUT2D eigenvalue weighted by atomic mass is 16.5. The zero-order chi connectivity index (χ0) is 17.6. The lowest BCUT2D eigenvalue weighted by Gasteiger charge is -2.32. The van der Waals surface area contributed by atoms with Crippen molar-refractivity contribution < 1.29 is 14.3 Å². The normalized spacial score (nSPS) is 28.0. The van der Waals surface area contributed by atoms with Gasteiger partial charge in [0.2, 0.25) is 5.91 Å². The number of ether oxygens (including phenoxy) is 1. The number of rotatable bonds is 4. The third-order valence-corrected chi connectivity index (χ3v) is 5.40. The molecule has 3 heterocycles. The molecule has 1 N–H and O–H groups in total. The summed E-state index contributed by atoms with van der Waals surface area (Å²) in [6.45, 7) is 1.53. The summed E-state index contributed by atoms with van der Waals surface area (Å²) in [6.07, 6.45) is 4.24. The van der Waals surface area contributed by atoms with Gasteiger partial charge in [-0.25, -0.2) is 0 Å². The number of likely N-dealkylation sites (tertiary alicyclic amines) is 1. The Morgan fingerprint density at radius 2 is 2.12 bits per heavy atom. The lowest BCUT2D eigenvalue weighted by Crippen LogP contribution is -2.49. The molecule has 3 unspecified atom stereocenters. The number of fused-ring (bicyclic) bond motifs is 2. The van der Waals surface area contributed by atoms with Gasteiger partial charge in [0.25, 0.3) is 11.5 Å². The third kappa shape index (κ3) is 3.20. The molecule has 0 spiro atoms. The van der Waals surface area contributed by atoms with Crippen LogP contribution < -0.4 is 10.9 Å². The van der Waals surface area contributed by atoms with E-state index in [2.05, 4.69) is 5.32 Å². The van der Waals surface area contributed by atoms with Crippen LogP contribution in [-0.2, 0) is 16.6 Å². The Morgan fingerprint density at radius 1 is 1.32 bits per heavy atom. The summed E-state index contributed by atoms with van der Waals surface area (Å²) in [7, 11) is 1.63. The standard InChI is InChI=1S/C18H23N3O4/c1-20-6-2-3-13(17(20)23)18(24)21-9-12-7-14(15(10-21)25-12)16(22)19-8-11-4-5-11/h2-3,6,11-12,14-15H,4-5,7-10H2,1H3,(H,19,22). The lowest BCUT2D eigenvalue weighted by atomic mass is 9.99. The Kier molecular flexibility index (Phi) is 4.11. The van der Waals surface area contributed by atoms with E-state index in [0.29, 0.717) is 25.4 Å². The number of carbonyl (C=O) groups excluding carboxylic acids is 2. The van der Waals surface area contributed by atoms with Crippen molar-refractivity contribution in [3.05, 3.63) is 34.2 Å². The second-order valence-electron chi connectivity index (χ2n) is 7.38. The molecule has 1 saturated carbocycles. The molecule has 0 radical (unpaired) electrons. The number of carbonyl (C=O) groups is 2. The molecule has 2 amide bonds. The predicted molar refractivity (Wildman–Crippen MR) is 90.1 cm³/mol. The predicted octanol–water partition coefficient (Wildman–Crippen LogP) is 0.141. The second kappa shape index (κ2) is 6.29. The molecule has 2 bridgehead atoms. The van der Waals surface area contributed by atoms with Crippen LogP contribution >= 0.6 is 0 Å². The molecule has 3 fully saturated rings. The molecule has 4 rings (SSSR count). The van der Waals surface area contributed by atoms with Crippen molar-refractivity contribution in [3.63, 3.8) is 0 Å². The number of morpholine rings is 1. The van der Waals surface area contributed by atoms with Gasteiger partial charge in [0.1, 0.15) is 5.56 Å². The first-order chi connectivity index (χ1) is 12.0. The average Bonchev–Trinajstić information content (AvgIpc) is 3.38. The van der Waals surface area contributed by atoms with Gasteiger partial charge in [-0.1, -0.05) is 0 Å². The maximum atomic E-state index is 12.7. The average molecular weight is 345 g/mol. The third-order valence-electron chi connectivity index (χ3n) is 5.40. The van der Waals surface area contributed by atoms with Crippen LogP contribution in [0.1, 0.15) is 29.6 Å². The van der Waals surface area contributed by atoms with E-state index in [4.69, 9.17) is 4.74 Å². The van der Waals surface area contributed by atoms with Crippen molar-refractivity contribution in [2.45, 2.75) is 31.5 Å². The molecular formula is C18H23N3O4. The summed E-state index contributed by atoms with van der Waals surface area (Å²) < 4.78 is 7.28. The molecule has 7 nitrogen and oxygen atoms in total. The molecule has 25 heavy (non-hydrogen) atoms. The van der Waals surface area contributed by atoms with Crippen molar-refractivity contribution >= 4 is 11.8 Å². The fourth-order valence-electron chi connectivity index (χ4n) is 3.73. The molecule has 1 aromatic heterocycles. The molecule has 7 heteroatoms. The molecule has 2 aliphatic heterocycles. The first-order valence-electron chi connectivity index (χ1n) is 8.91. The van der Waals surface area contributed by atoms with Crippen LogP contribution in [0.3, 0.4) is 0 Å². The SMILES string of the molecule is Cn1cccc(C(=O)N2CC3CC(C(=O)NCC4CC4)C(C2)O3)c1=O. The van der Waals surface area contributed by atoms with Gasteiger partial charge in [-0.3, -0.25) is 14.4 Å². The van der Waals surface area contributed by atoms with Crippen LogP contribution in [0.5, 0.6) is 0 Å². The summed E-state index contributed by atoms with van der Waals surface area (Å²) >= 11 is 0. The van der Waals surface area contributed by atoms with Crippen LogP contribution in [-0.4, -0.2) is 53.1 Å². The van der Waals surface area contributed by atoms with Gasteiger partial charge in [-0.05, 0) is 37.3 Å². The van der Waals surface area contributed by atoms with Crippen LogP contribution in [0.4, 0.5) is 0 Å². The van der Waals surface area contributed by atoms with Gasteiger partial charge in [-0.2, -0.15) is 0 Å². The zero-order valence-electron chi connectivity index (χ0n) is 14.3. The van der Waals surface area contributed by atoms with Crippen LogP contribution in [0.25, 0.3) is 0 Å². The van der Waals surface area contributed by atoms with Crippen molar-refractivity contribution in [1.82, 2.24) is 14.8 Å². The Balaban J connectivity index is 1.44. The Hall–Kier alpha value is -2.15. The Bertz CT molecular complexity index is 755. The van der Waals surface area contributed by atoms with E-state index in [0.717, 1.165) is 6.54 Å². The molecule has 3 aliphatic rings. The van der Waals surface area contributed by atoms with Crippen molar-refractivity contribution in [2.24, 2.45) is 18.9 Å². The Morgan fingerprint density at radius 3 is 2.88 bits per heavy atom. The van der Waals surface area contributed by atoms with Gasteiger partial charge < -0.3 is 19.5 Å². The molecule has 1 aliphatic carbocycles. The van der Waals surface area contributed by atoms with E-state index < -0.39 is 0 Å². The summed E-state index contributed by atoms with van der Waals surface area (Å²) in [5.41, 5.74) is -0.133. The molecular weight excluding hydrogens is 322 g/mol. The van der Waals surface area contributed by atoms with Crippen molar-refractivity contribution in [2.75, 3.05) is 19.6 Å². The van der Waals surface area contributed by atoms with Gasteiger partial charge in [0, 0.05) is 32.9 Å². The number of hydrogen-bond donors (Lipinski definition) is 1. The zero-order valence-corrected chi connectivity index (χ0v) is 14.3. The summed E-state index contributed by atoms with van der Waals surface area (Å²) in [6, 6.07) is 3.25. The largest absolute Gasteiger partial charge is 0.370 e. The summed E-state index contributed by atoms with van der Waals surface area (Å²) in [5.74, 6) is 0.182. The first kappa shape index (κ1) is 16.3. The number of amides is 2. The van der Waals surface area contributed by atoms with Gasteiger partial charge >= 0.3 is 0 Å². The number of nitrogens with one attached hydrogen (secondary N) is 1. The van der Waals surface area contributed by atoms with Crippen LogP contribution in [0.2, 0.25) is 0 Å². The summed E-state index contributed by atoms with van der Waals surface area (Å²) in [5, 5.41) is 3.02. The van der Waals surface area contributed by atoms with Gasteiger partial charge in [-0.15, -0.1) is 0 Å². The highest BCUT2D eigenvalue weighted by Crippen LogP contribution is 2.33. The topological polar surface area (TPSA) is 80.6 Å². The molecule has 2 saturated heterocycles. The lowest BCUT2D eigenvalue weighted by molar-refractivity contribution is -0.127. The number of pyridine rings is 1. The monoisotopic (exact) mass is 345 g/mol. The Labute approximate surface area is 145 Å². The van der Waals surface area contributed by atoms with Gasteiger partial charge in [0.05, 0.1) is 18.1 Å². The quantitative estimate of drug-likeness (QED) is 0.842. The van der Waals surface area contributed by atoms with E-state index >= 15 is 0 Å². The van der Waals surface area contributed by atoms with Crippen molar-refractivity contribution in [3.8, 4) is 0 Å². The van der Waals surface area contributed by atoms with E-state index in [9.17, 15) is 14.4 Å². The fourth-order valence-corrected chi connectivity index (χ4v) is 3.73. The fraction of sp³-hybridized carbons (Fsp3) is 0.611. The first-order valence-corrected chi connectivity index (χ1v) is 8.91. The maximum absolute atomic E-state index is 12.7. The number of aromatic nitrogens is 1. The smallest absolute Gasteiger partial charge is 0.263 e. The van der Waals surface area contributed by atoms with E-state index in [1.54, 1.807) is 30.3 Å².